The monoisotopic (exact) mass is 279 g/mol. The lowest BCUT2D eigenvalue weighted by molar-refractivity contribution is 0.194. The van der Waals surface area contributed by atoms with Crippen LogP contribution in [0.3, 0.4) is 0 Å². The zero-order valence-corrected chi connectivity index (χ0v) is 13.0. The van der Waals surface area contributed by atoms with Crippen molar-refractivity contribution in [3.63, 3.8) is 0 Å². The third-order valence-corrected chi connectivity index (χ3v) is 3.25. The van der Waals surface area contributed by atoms with Crippen molar-refractivity contribution in [3.8, 4) is 5.75 Å². The Morgan fingerprint density at radius 2 is 1.85 bits per heavy atom. The van der Waals surface area contributed by atoms with Gasteiger partial charge in [0.05, 0.1) is 6.61 Å². The van der Waals surface area contributed by atoms with Crippen molar-refractivity contribution in [2.45, 2.75) is 45.6 Å². The number of benzene rings is 1. The average molecular weight is 279 g/mol. The normalized spacial score (nSPS) is 10.7. The van der Waals surface area contributed by atoms with Gasteiger partial charge in [-0.1, -0.05) is 44.4 Å². The summed E-state index contributed by atoms with van der Waals surface area (Å²) in [4.78, 5) is 0. The largest absolute Gasteiger partial charge is 0.493 e. The lowest BCUT2D eigenvalue weighted by Crippen LogP contribution is -2.16. The van der Waals surface area contributed by atoms with E-state index in [0.717, 1.165) is 44.9 Å². The zero-order valence-electron chi connectivity index (χ0n) is 13.0. The Kier molecular flexibility index (Phi) is 9.98. The molecule has 0 aliphatic carbocycles. The molecule has 0 aliphatic heterocycles. The maximum Gasteiger partial charge on any atom is 0.123 e. The van der Waals surface area contributed by atoms with Gasteiger partial charge < -0.3 is 14.8 Å². The topological polar surface area (TPSA) is 30.5 Å². The maximum atomic E-state index is 5.90. The number of unbranched alkanes of at least 4 members (excludes halogenated alkanes) is 3. The zero-order chi connectivity index (χ0) is 14.5. The Morgan fingerprint density at radius 3 is 2.65 bits per heavy atom. The lowest BCUT2D eigenvalue weighted by Gasteiger charge is -2.12. The Morgan fingerprint density at radius 1 is 1.00 bits per heavy atom. The molecule has 0 aromatic heterocycles. The van der Waals surface area contributed by atoms with Crippen LogP contribution in [0.4, 0.5) is 0 Å². The molecule has 3 nitrogen and oxygen atoms in total. The van der Waals surface area contributed by atoms with E-state index in [4.69, 9.17) is 9.47 Å². The molecule has 3 heteroatoms. The molecule has 0 amide bonds. The number of ether oxygens (including phenoxy) is 2. The molecule has 0 saturated heterocycles. The van der Waals surface area contributed by atoms with E-state index in [0.29, 0.717) is 0 Å². The molecule has 1 N–H and O–H groups in total. The van der Waals surface area contributed by atoms with Gasteiger partial charge in [-0.05, 0) is 25.5 Å². The lowest BCUT2D eigenvalue weighted by atomic mass is 10.2. The van der Waals surface area contributed by atoms with Gasteiger partial charge in [-0.2, -0.15) is 0 Å². The van der Waals surface area contributed by atoms with Crippen LogP contribution < -0.4 is 10.1 Å². The van der Waals surface area contributed by atoms with Gasteiger partial charge in [0.2, 0.25) is 0 Å². The molecular weight excluding hydrogens is 250 g/mol. The minimum absolute atomic E-state index is 0.808. The summed E-state index contributed by atoms with van der Waals surface area (Å²) in [6, 6.07) is 8.29. The minimum atomic E-state index is 0.808. The van der Waals surface area contributed by atoms with Crippen molar-refractivity contribution >= 4 is 0 Å². The minimum Gasteiger partial charge on any atom is -0.493 e. The SMILES string of the molecule is CCCCCCOc1ccccc1CNCCCOC. The smallest absolute Gasteiger partial charge is 0.123 e. The Bertz CT molecular complexity index is 309. The highest BCUT2D eigenvalue weighted by molar-refractivity contribution is 5.33. The summed E-state index contributed by atoms with van der Waals surface area (Å²) < 4.78 is 10.9. The van der Waals surface area contributed by atoms with Gasteiger partial charge in [0.25, 0.3) is 0 Å². The number of hydrogen-bond acceptors (Lipinski definition) is 3. The number of methoxy groups -OCH3 is 1. The molecule has 0 unspecified atom stereocenters. The first-order valence-corrected chi connectivity index (χ1v) is 7.78. The fourth-order valence-corrected chi connectivity index (χ4v) is 2.07. The second kappa shape index (κ2) is 11.7. The van der Waals surface area contributed by atoms with Crippen LogP contribution in [0.25, 0.3) is 0 Å². The van der Waals surface area contributed by atoms with Crippen molar-refractivity contribution in [2.75, 3.05) is 26.9 Å². The summed E-state index contributed by atoms with van der Waals surface area (Å²) in [5, 5.41) is 3.43. The summed E-state index contributed by atoms with van der Waals surface area (Å²) >= 11 is 0. The second-order valence-electron chi connectivity index (χ2n) is 5.04. The Labute approximate surface area is 123 Å². The van der Waals surface area contributed by atoms with Gasteiger partial charge in [-0.3, -0.25) is 0 Å². The molecule has 0 bridgehead atoms. The third-order valence-electron chi connectivity index (χ3n) is 3.25. The molecule has 0 fully saturated rings. The number of hydrogen-bond donors (Lipinski definition) is 1. The van der Waals surface area contributed by atoms with Crippen molar-refractivity contribution in [1.82, 2.24) is 5.32 Å². The van der Waals surface area contributed by atoms with E-state index in [1.807, 2.05) is 6.07 Å². The molecule has 0 atom stereocenters. The van der Waals surface area contributed by atoms with Crippen LogP contribution in [0.2, 0.25) is 0 Å². The van der Waals surface area contributed by atoms with E-state index in [1.165, 1.54) is 24.8 Å². The highest BCUT2D eigenvalue weighted by Gasteiger charge is 2.02. The average Bonchev–Trinajstić information content (AvgIpc) is 2.48. The van der Waals surface area contributed by atoms with Crippen molar-refractivity contribution in [2.24, 2.45) is 0 Å². The van der Waals surface area contributed by atoms with Gasteiger partial charge in [0.1, 0.15) is 5.75 Å². The first-order valence-electron chi connectivity index (χ1n) is 7.78. The number of para-hydroxylation sites is 1. The van der Waals surface area contributed by atoms with Crippen LogP contribution in [0, 0.1) is 0 Å². The van der Waals surface area contributed by atoms with Gasteiger partial charge in [-0.25, -0.2) is 0 Å². The highest BCUT2D eigenvalue weighted by Crippen LogP contribution is 2.18. The Balaban J connectivity index is 2.27. The van der Waals surface area contributed by atoms with E-state index >= 15 is 0 Å². The van der Waals surface area contributed by atoms with Crippen LogP contribution in [-0.4, -0.2) is 26.9 Å². The second-order valence-corrected chi connectivity index (χ2v) is 5.04. The fraction of sp³-hybridized carbons (Fsp3) is 0.647. The van der Waals surface area contributed by atoms with Crippen molar-refractivity contribution in [3.05, 3.63) is 29.8 Å². The third kappa shape index (κ3) is 7.51. The molecule has 20 heavy (non-hydrogen) atoms. The van der Waals surface area contributed by atoms with Crippen LogP contribution in [0.15, 0.2) is 24.3 Å². The van der Waals surface area contributed by atoms with Crippen LogP contribution in [0.5, 0.6) is 5.75 Å². The summed E-state index contributed by atoms with van der Waals surface area (Å²) in [7, 11) is 1.74. The summed E-state index contributed by atoms with van der Waals surface area (Å²) in [6.45, 7) is 5.68. The van der Waals surface area contributed by atoms with E-state index in [9.17, 15) is 0 Å². The molecule has 0 aliphatic rings. The Hall–Kier alpha value is -1.06. The summed E-state index contributed by atoms with van der Waals surface area (Å²) in [6.07, 6.45) is 6.00. The van der Waals surface area contributed by atoms with Crippen LogP contribution >= 0.6 is 0 Å². The van der Waals surface area contributed by atoms with Gasteiger partial charge >= 0.3 is 0 Å². The molecule has 1 rings (SSSR count). The first-order chi connectivity index (χ1) is 9.88. The molecule has 0 saturated carbocycles. The maximum absolute atomic E-state index is 5.90. The predicted molar refractivity (Wildman–Crippen MR) is 84.3 cm³/mol. The van der Waals surface area contributed by atoms with Crippen LogP contribution in [0.1, 0.15) is 44.6 Å². The summed E-state index contributed by atoms with van der Waals surface area (Å²) in [5.74, 6) is 1.02. The van der Waals surface area contributed by atoms with Crippen molar-refractivity contribution < 1.29 is 9.47 Å². The predicted octanol–water partition coefficient (Wildman–Crippen LogP) is 3.77. The van der Waals surface area contributed by atoms with Crippen LogP contribution in [-0.2, 0) is 11.3 Å². The fourth-order valence-electron chi connectivity index (χ4n) is 2.07. The number of rotatable bonds is 12. The molecule has 0 radical (unpaired) electrons. The molecule has 0 heterocycles. The first kappa shape index (κ1) is 17.0. The van der Waals surface area contributed by atoms with E-state index in [2.05, 4.69) is 30.4 Å². The van der Waals surface area contributed by atoms with Crippen molar-refractivity contribution in [1.29, 1.82) is 0 Å². The quantitative estimate of drug-likeness (QED) is 0.591. The van der Waals surface area contributed by atoms with E-state index in [1.54, 1.807) is 7.11 Å². The highest BCUT2D eigenvalue weighted by atomic mass is 16.5. The molecule has 114 valence electrons. The molecule has 0 spiro atoms. The number of nitrogens with one attached hydrogen (secondary N) is 1. The van der Waals surface area contributed by atoms with Gasteiger partial charge in [0.15, 0.2) is 0 Å². The standard InChI is InChI=1S/C17H29NO2/c1-3-4-5-8-14-20-17-11-7-6-10-16(17)15-18-12-9-13-19-2/h6-7,10-11,18H,3-5,8-9,12-15H2,1-2H3. The van der Waals surface area contributed by atoms with E-state index < -0.39 is 0 Å². The molecule has 1 aromatic rings. The summed E-state index contributed by atoms with van der Waals surface area (Å²) in [5.41, 5.74) is 1.24. The van der Waals surface area contributed by atoms with Gasteiger partial charge in [0, 0.05) is 25.8 Å². The van der Waals surface area contributed by atoms with Gasteiger partial charge in [-0.15, -0.1) is 0 Å². The molecule has 1 aromatic carbocycles. The van der Waals surface area contributed by atoms with E-state index in [-0.39, 0.29) is 0 Å². The molecular formula is C17H29NO2.